The van der Waals surface area contributed by atoms with Gasteiger partial charge in [-0.3, -0.25) is 9.52 Å². The van der Waals surface area contributed by atoms with Crippen LogP contribution in [0.5, 0.6) is 0 Å². The molecule has 7 nitrogen and oxygen atoms in total. The molecule has 0 bridgehead atoms. The van der Waals surface area contributed by atoms with Gasteiger partial charge in [-0.25, -0.2) is 8.42 Å². The van der Waals surface area contributed by atoms with E-state index in [0.29, 0.717) is 24.3 Å². The molecule has 0 aliphatic carbocycles. The Labute approximate surface area is 164 Å². The van der Waals surface area contributed by atoms with E-state index >= 15 is 0 Å². The first-order chi connectivity index (χ1) is 12.5. The maximum atomic E-state index is 12.5. The standard InChI is InChI=1S/C18H21N3O4S.ClH/c19-12-15-9-10-17(25-15)18(22)20-14-7-4-8-16(11-14)26(23,24)21-13-5-2-1-3-6-13;/h1-8,11,15,17,21H,9-10,12,19H2,(H,20,22);1H/t15-,17+;/m1./s1. The van der Waals surface area contributed by atoms with Crippen molar-refractivity contribution in [3.8, 4) is 0 Å². The second-order valence-corrected chi connectivity index (χ2v) is 7.73. The van der Waals surface area contributed by atoms with E-state index in [0.717, 1.165) is 6.42 Å². The van der Waals surface area contributed by atoms with E-state index in [1.165, 1.54) is 12.1 Å². The molecule has 0 unspecified atom stereocenters. The summed E-state index contributed by atoms with van der Waals surface area (Å²) in [6.45, 7) is 0.378. The first-order valence-electron chi connectivity index (χ1n) is 8.32. The van der Waals surface area contributed by atoms with Crippen LogP contribution in [0, 0.1) is 0 Å². The van der Waals surface area contributed by atoms with Crippen LogP contribution >= 0.6 is 12.4 Å². The Bertz CT molecular complexity index is 877. The number of hydrogen-bond donors (Lipinski definition) is 3. The number of carbonyl (C=O) groups is 1. The zero-order valence-electron chi connectivity index (χ0n) is 14.5. The Balaban J connectivity index is 0.00000261. The monoisotopic (exact) mass is 411 g/mol. The maximum absolute atomic E-state index is 12.5. The molecule has 1 saturated heterocycles. The van der Waals surface area contributed by atoms with Crippen molar-refractivity contribution >= 4 is 39.7 Å². The normalized spacial score (nSPS) is 19.1. The zero-order valence-corrected chi connectivity index (χ0v) is 16.1. The lowest BCUT2D eigenvalue weighted by atomic mass is 10.2. The van der Waals surface area contributed by atoms with Crippen LogP contribution in [0.15, 0.2) is 59.5 Å². The highest BCUT2D eigenvalue weighted by Crippen LogP contribution is 2.22. The molecular weight excluding hydrogens is 390 g/mol. The van der Waals surface area contributed by atoms with Gasteiger partial charge in [0.15, 0.2) is 0 Å². The summed E-state index contributed by atoms with van der Waals surface area (Å²) in [6, 6.07) is 14.7. The molecule has 2 atom stereocenters. The van der Waals surface area contributed by atoms with E-state index in [9.17, 15) is 13.2 Å². The number of para-hydroxylation sites is 1. The SMILES string of the molecule is Cl.NC[C@H]1CC[C@@H](C(=O)Nc2cccc(S(=O)(=O)Nc3ccccc3)c2)O1. The van der Waals surface area contributed by atoms with E-state index in [1.54, 1.807) is 42.5 Å². The summed E-state index contributed by atoms with van der Waals surface area (Å²) in [4.78, 5) is 12.3. The van der Waals surface area contributed by atoms with Gasteiger partial charge in [-0.1, -0.05) is 24.3 Å². The molecular formula is C18H22ClN3O4S. The molecule has 1 aliphatic rings. The Morgan fingerprint density at radius 3 is 2.44 bits per heavy atom. The summed E-state index contributed by atoms with van der Waals surface area (Å²) in [7, 11) is -3.75. The molecule has 0 saturated carbocycles. The quantitative estimate of drug-likeness (QED) is 0.675. The van der Waals surface area contributed by atoms with Crippen LogP contribution in [-0.4, -0.2) is 33.1 Å². The van der Waals surface area contributed by atoms with Crippen LogP contribution < -0.4 is 15.8 Å². The van der Waals surface area contributed by atoms with Crippen LogP contribution in [0.25, 0.3) is 0 Å². The van der Waals surface area contributed by atoms with Crippen molar-refractivity contribution in [3.05, 3.63) is 54.6 Å². The van der Waals surface area contributed by atoms with Crippen molar-refractivity contribution in [2.75, 3.05) is 16.6 Å². The number of carbonyl (C=O) groups excluding carboxylic acids is 1. The fraction of sp³-hybridized carbons (Fsp3) is 0.278. The highest BCUT2D eigenvalue weighted by Gasteiger charge is 2.30. The van der Waals surface area contributed by atoms with Crippen LogP contribution in [0.3, 0.4) is 0 Å². The predicted octanol–water partition coefficient (Wildman–Crippen LogP) is 2.35. The third kappa shape index (κ3) is 5.43. The third-order valence-electron chi connectivity index (χ3n) is 4.10. The molecule has 27 heavy (non-hydrogen) atoms. The molecule has 0 aromatic heterocycles. The minimum Gasteiger partial charge on any atom is -0.364 e. The van der Waals surface area contributed by atoms with Crippen molar-refractivity contribution in [1.82, 2.24) is 0 Å². The summed E-state index contributed by atoms with van der Waals surface area (Å²) in [5.74, 6) is -0.300. The maximum Gasteiger partial charge on any atom is 0.261 e. The molecule has 1 fully saturated rings. The highest BCUT2D eigenvalue weighted by atomic mass is 35.5. The molecule has 1 aliphatic heterocycles. The van der Waals surface area contributed by atoms with Gasteiger partial charge in [0.1, 0.15) is 6.10 Å². The summed E-state index contributed by atoms with van der Waals surface area (Å²) in [5, 5.41) is 2.71. The van der Waals surface area contributed by atoms with Crippen molar-refractivity contribution < 1.29 is 17.9 Å². The fourth-order valence-corrected chi connectivity index (χ4v) is 3.86. The van der Waals surface area contributed by atoms with Crippen molar-refractivity contribution in [2.24, 2.45) is 5.73 Å². The van der Waals surface area contributed by atoms with Crippen LogP contribution in [-0.2, 0) is 19.6 Å². The summed E-state index contributed by atoms with van der Waals surface area (Å²) in [5.41, 5.74) is 6.41. The molecule has 9 heteroatoms. The van der Waals surface area contributed by atoms with Crippen LogP contribution in [0.4, 0.5) is 11.4 Å². The Hall–Kier alpha value is -2.13. The summed E-state index contributed by atoms with van der Waals surface area (Å²) in [6.07, 6.45) is 0.671. The number of nitrogens with one attached hydrogen (secondary N) is 2. The van der Waals surface area contributed by atoms with Gasteiger partial charge in [0.05, 0.1) is 11.0 Å². The Morgan fingerprint density at radius 2 is 1.78 bits per heavy atom. The second kappa shape index (κ2) is 9.18. The molecule has 0 spiro atoms. The number of ether oxygens (including phenoxy) is 1. The highest BCUT2D eigenvalue weighted by molar-refractivity contribution is 7.92. The van der Waals surface area contributed by atoms with Gasteiger partial charge < -0.3 is 15.8 Å². The number of rotatable bonds is 6. The predicted molar refractivity (Wildman–Crippen MR) is 107 cm³/mol. The Morgan fingerprint density at radius 1 is 1.07 bits per heavy atom. The summed E-state index contributed by atoms with van der Waals surface area (Å²) >= 11 is 0. The van der Waals surface area contributed by atoms with E-state index in [2.05, 4.69) is 10.0 Å². The molecule has 1 amide bonds. The molecule has 1 heterocycles. The lowest BCUT2D eigenvalue weighted by Crippen LogP contribution is -2.29. The van der Waals surface area contributed by atoms with E-state index < -0.39 is 16.1 Å². The van der Waals surface area contributed by atoms with Gasteiger partial charge in [0, 0.05) is 17.9 Å². The first-order valence-corrected chi connectivity index (χ1v) is 9.80. The summed E-state index contributed by atoms with van der Waals surface area (Å²) < 4.78 is 33.1. The number of sulfonamides is 1. The topological polar surface area (TPSA) is 111 Å². The number of hydrogen-bond acceptors (Lipinski definition) is 5. The zero-order chi connectivity index (χ0) is 18.6. The molecule has 3 rings (SSSR count). The van der Waals surface area contributed by atoms with E-state index in [1.807, 2.05) is 0 Å². The minimum atomic E-state index is -3.75. The van der Waals surface area contributed by atoms with E-state index in [-0.39, 0.29) is 29.3 Å². The lowest BCUT2D eigenvalue weighted by Gasteiger charge is -2.14. The van der Waals surface area contributed by atoms with Gasteiger partial charge in [-0.15, -0.1) is 12.4 Å². The number of amides is 1. The van der Waals surface area contributed by atoms with Crippen molar-refractivity contribution in [3.63, 3.8) is 0 Å². The number of nitrogens with two attached hydrogens (primary N) is 1. The molecule has 4 N–H and O–H groups in total. The molecule has 2 aromatic rings. The molecule has 146 valence electrons. The Kier molecular flexibility index (Phi) is 7.20. The average molecular weight is 412 g/mol. The van der Waals surface area contributed by atoms with Gasteiger partial charge >= 0.3 is 0 Å². The second-order valence-electron chi connectivity index (χ2n) is 6.05. The van der Waals surface area contributed by atoms with Crippen LogP contribution in [0.2, 0.25) is 0 Å². The van der Waals surface area contributed by atoms with Crippen LogP contribution in [0.1, 0.15) is 12.8 Å². The third-order valence-corrected chi connectivity index (χ3v) is 5.48. The first kappa shape index (κ1) is 21.2. The number of benzene rings is 2. The average Bonchev–Trinajstić information content (AvgIpc) is 3.12. The minimum absolute atomic E-state index is 0. The fourth-order valence-electron chi connectivity index (χ4n) is 2.76. The van der Waals surface area contributed by atoms with Crippen molar-refractivity contribution in [2.45, 2.75) is 29.9 Å². The van der Waals surface area contributed by atoms with Gasteiger partial charge in [0.2, 0.25) is 0 Å². The molecule has 2 aromatic carbocycles. The smallest absolute Gasteiger partial charge is 0.261 e. The number of halogens is 1. The van der Waals surface area contributed by atoms with Gasteiger partial charge in [0.25, 0.3) is 15.9 Å². The van der Waals surface area contributed by atoms with Gasteiger partial charge in [-0.2, -0.15) is 0 Å². The molecule has 0 radical (unpaired) electrons. The largest absolute Gasteiger partial charge is 0.364 e. The van der Waals surface area contributed by atoms with Gasteiger partial charge in [-0.05, 0) is 43.2 Å². The lowest BCUT2D eigenvalue weighted by molar-refractivity contribution is -0.126. The number of anilines is 2. The van der Waals surface area contributed by atoms with E-state index in [4.69, 9.17) is 10.5 Å². The van der Waals surface area contributed by atoms with Crippen molar-refractivity contribution in [1.29, 1.82) is 0 Å².